The molecule has 354 valence electrons. The molecular formula is C68H62N4. The zero-order chi connectivity index (χ0) is 48.0. The first kappa shape index (κ1) is 43.4. The van der Waals surface area contributed by atoms with Crippen molar-refractivity contribution in [2.45, 2.75) is 82.3 Å². The molecule has 4 heteroatoms. The van der Waals surface area contributed by atoms with Crippen LogP contribution < -0.4 is 10.2 Å². The number of rotatable bonds is 8. The molecule has 72 heavy (non-hydrogen) atoms. The van der Waals surface area contributed by atoms with E-state index in [4.69, 9.17) is 4.98 Å². The molecule has 1 aliphatic heterocycles. The van der Waals surface area contributed by atoms with Crippen LogP contribution in [0.2, 0.25) is 0 Å². The number of aromatic nitrogens is 1. The van der Waals surface area contributed by atoms with Gasteiger partial charge >= 0.3 is 0 Å². The smallest absolute Gasteiger partial charge is 0.0912 e. The molecule has 2 heterocycles. The molecule has 6 unspecified atom stereocenters. The minimum atomic E-state index is -0.519. The number of pyridine rings is 1. The van der Waals surface area contributed by atoms with Crippen molar-refractivity contribution >= 4 is 22.5 Å². The van der Waals surface area contributed by atoms with Crippen LogP contribution in [0.15, 0.2) is 257 Å². The first-order valence-corrected chi connectivity index (χ1v) is 26.8. The maximum Gasteiger partial charge on any atom is 0.0912 e. The molecule has 14 rings (SSSR count). The summed E-state index contributed by atoms with van der Waals surface area (Å²) in [7, 11) is 0. The van der Waals surface area contributed by atoms with Crippen LogP contribution in [-0.4, -0.2) is 34.6 Å². The van der Waals surface area contributed by atoms with Crippen molar-refractivity contribution in [3.63, 3.8) is 0 Å². The number of hydrogen-bond donors (Lipinski definition) is 1. The summed E-state index contributed by atoms with van der Waals surface area (Å²) in [5.41, 5.74) is 22.8. The Morgan fingerprint density at radius 3 is 2.07 bits per heavy atom. The number of hydrogen-bond acceptors (Lipinski definition) is 4. The van der Waals surface area contributed by atoms with Crippen LogP contribution in [0.25, 0.3) is 16.8 Å². The standard InChI is InChI=1S/C68H62N4/c1-67(2)57-28-16-15-27-54(57)56-44-61(72(50-25-13-6-14-26-50)52-37-33-48(34-38-52)46-21-9-4-10-22-46)62-55-40-39-53(71(49-23-11-5-12-24-49)51-35-31-47(32-36-51)45-19-7-3-8-20-45)43-60(55)68(64(62)63(56)67)58-29-17-41-69-65(58)66-59(68)30-18-42-70-66/h3-13,16-25,28-35,37,39-41,44,51-53,56,63,70H,14-15,26-27,36,38,42-43H2,1-2H3. The summed E-state index contributed by atoms with van der Waals surface area (Å²) in [6.07, 6.45) is 48.7. The Bertz CT molecular complexity index is 3370. The average molecular weight is 935 g/mol. The maximum absolute atomic E-state index is 5.35. The topological polar surface area (TPSA) is 31.4 Å². The van der Waals surface area contributed by atoms with Crippen LogP contribution in [0.5, 0.6) is 0 Å². The molecule has 1 spiro atoms. The molecule has 0 radical (unpaired) electrons. The summed E-state index contributed by atoms with van der Waals surface area (Å²) in [4.78, 5) is 10.9. The first-order valence-electron chi connectivity index (χ1n) is 26.8. The highest BCUT2D eigenvalue weighted by Crippen LogP contribution is 2.72. The summed E-state index contributed by atoms with van der Waals surface area (Å²) in [5, 5.41) is 3.96. The van der Waals surface area contributed by atoms with E-state index in [0.717, 1.165) is 57.2 Å². The molecule has 6 atom stereocenters. The molecule has 4 aromatic rings. The van der Waals surface area contributed by atoms with E-state index < -0.39 is 5.41 Å². The molecule has 1 N–H and O–H groups in total. The highest BCUT2D eigenvalue weighted by molar-refractivity contribution is 5.91. The van der Waals surface area contributed by atoms with E-state index in [-0.39, 0.29) is 35.4 Å². The molecule has 3 aromatic carbocycles. The maximum atomic E-state index is 5.35. The average Bonchev–Trinajstić information content (AvgIpc) is 4.02. The number of fused-ring (bicyclic) bond motifs is 10. The summed E-state index contributed by atoms with van der Waals surface area (Å²) < 4.78 is 0. The second-order valence-electron chi connectivity index (χ2n) is 21.8. The van der Waals surface area contributed by atoms with Gasteiger partial charge in [0.05, 0.1) is 34.9 Å². The van der Waals surface area contributed by atoms with E-state index in [1.165, 1.54) is 72.9 Å². The van der Waals surface area contributed by atoms with Gasteiger partial charge in [-0.15, -0.1) is 0 Å². The third kappa shape index (κ3) is 6.53. The van der Waals surface area contributed by atoms with Crippen molar-refractivity contribution in [1.82, 2.24) is 15.2 Å². The van der Waals surface area contributed by atoms with Crippen LogP contribution in [0.1, 0.15) is 81.2 Å². The Kier molecular flexibility index (Phi) is 10.3. The van der Waals surface area contributed by atoms with Crippen LogP contribution in [0.3, 0.4) is 0 Å². The molecule has 4 nitrogen and oxygen atoms in total. The van der Waals surface area contributed by atoms with Gasteiger partial charge in [0, 0.05) is 47.2 Å². The molecule has 9 aliphatic carbocycles. The number of anilines is 1. The van der Waals surface area contributed by atoms with Gasteiger partial charge in [-0.3, -0.25) is 4.98 Å². The van der Waals surface area contributed by atoms with Crippen LogP contribution in [0, 0.1) is 17.3 Å². The van der Waals surface area contributed by atoms with E-state index in [1.807, 2.05) is 6.20 Å². The zero-order valence-corrected chi connectivity index (χ0v) is 41.5. The van der Waals surface area contributed by atoms with Crippen molar-refractivity contribution in [2.75, 3.05) is 11.4 Å². The summed E-state index contributed by atoms with van der Waals surface area (Å²) in [5.74, 6) is 0.513. The van der Waals surface area contributed by atoms with Crippen molar-refractivity contribution in [1.29, 1.82) is 0 Å². The second-order valence-corrected chi connectivity index (χ2v) is 21.8. The lowest BCUT2D eigenvalue weighted by molar-refractivity contribution is 0.271. The number of benzene rings is 3. The fourth-order valence-electron chi connectivity index (χ4n) is 14.9. The highest BCUT2D eigenvalue weighted by atomic mass is 15.2. The number of nitrogens with zero attached hydrogens (tertiary/aromatic N) is 3. The normalized spacial score (nSPS) is 27.9. The van der Waals surface area contributed by atoms with Gasteiger partial charge in [0.25, 0.3) is 0 Å². The molecule has 0 saturated heterocycles. The lowest BCUT2D eigenvalue weighted by atomic mass is 9.56. The van der Waals surface area contributed by atoms with Gasteiger partial charge in [-0.05, 0) is 130 Å². The Morgan fingerprint density at radius 2 is 1.36 bits per heavy atom. The minimum Gasteiger partial charge on any atom is -0.380 e. The van der Waals surface area contributed by atoms with Gasteiger partial charge in [-0.2, -0.15) is 0 Å². The van der Waals surface area contributed by atoms with Crippen molar-refractivity contribution in [2.24, 2.45) is 17.3 Å². The summed E-state index contributed by atoms with van der Waals surface area (Å²) in [6.45, 7) is 5.95. The van der Waals surface area contributed by atoms with Gasteiger partial charge < -0.3 is 15.1 Å². The first-order chi connectivity index (χ1) is 35.5. The summed E-state index contributed by atoms with van der Waals surface area (Å²) >= 11 is 0. The predicted molar refractivity (Wildman–Crippen MR) is 297 cm³/mol. The van der Waals surface area contributed by atoms with E-state index in [2.05, 4.69) is 229 Å². The minimum absolute atomic E-state index is 0.107. The fraction of sp³-hybridized carbons (Fsp3) is 0.250. The number of dihydropyridines is 1. The predicted octanol–water partition coefficient (Wildman–Crippen LogP) is 14.8. The molecule has 0 amide bonds. The lowest BCUT2D eigenvalue weighted by Gasteiger charge is -2.48. The molecule has 10 aliphatic rings. The van der Waals surface area contributed by atoms with E-state index in [9.17, 15) is 0 Å². The Morgan fingerprint density at radius 1 is 0.667 bits per heavy atom. The number of para-hydroxylation sites is 1. The van der Waals surface area contributed by atoms with Crippen molar-refractivity contribution < 1.29 is 0 Å². The molecule has 0 bridgehead atoms. The van der Waals surface area contributed by atoms with E-state index in [1.54, 1.807) is 16.7 Å². The third-order valence-electron chi connectivity index (χ3n) is 17.8. The van der Waals surface area contributed by atoms with Gasteiger partial charge in [-0.1, -0.05) is 195 Å². The van der Waals surface area contributed by atoms with Crippen LogP contribution in [-0.2, 0) is 5.41 Å². The monoisotopic (exact) mass is 934 g/mol. The number of nitrogens with one attached hydrogen (secondary N) is 1. The highest BCUT2D eigenvalue weighted by Gasteiger charge is 2.64. The van der Waals surface area contributed by atoms with Crippen molar-refractivity contribution in [3.05, 3.63) is 279 Å². The Balaban J connectivity index is 0.982. The lowest BCUT2D eigenvalue weighted by Crippen LogP contribution is -2.45. The van der Waals surface area contributed by atoms with Gasteiger partial charge in [0.1, 0.15) is 0 Å². The molecular weight excluding hydrogens is 873 g/mol. The van der Waals surface area contributed by atoms with Gasteiger partial charge in [0.15, 0.2) is 0 Å². The third-order valence-corrected chi connectivity index (χ3v) is 17.8. The van der Waals surface area contributed by atoms with Gasteiger partial charge in [0.2, 0.25) is 0 Å². The molecule has 0 saturated carbocycles. The Labute approximate surface area is 426 Å². The van der Waals surface area contributed by atoms with Crippen molar-refractivity contribution in [3.8, 4) is 0 Å². The van der Waals surface area contributed by atoms with E-state index in [0.29, 0.717) is 0 Å². The molecule has 1 aromatic heterocycles. The SMILES string of the molecule is CC1(C)C2=C(CCC=C2)C2C=C(N(C3=CC=CCC3)C3C=CC(c4ccccc4)=CC3)C3=C(C21)C1(C2=C(NCC=C2)c2ncccc21)C1=C3C=CC(N(c2ccccc2)C2C=CC(c3ccccc3)=CC2)C1. The van der Waals surface area contributed by atoms with Crippen LogP contribution >= 0.6 is 0 Å². The van der Waals surface area contributed by atoms with Gasteiger partial charge in [-0.25, -0.2) is 0 Å². The van der Waals surface area contributed by atoms with Crippen LogP contribution in [0.4, 0.5) is 5.69 Å². The zero-order valence-electron chi connectivity index (χ0n) is 41.5. The largest absolute Gasteiger partial charge is 0.380 e. The number of allylic oxidation sites excluding steroid dienone is 18. The van der Waals surface area contributed by atoms with E-state index >= 15 is 0 Å². The quantitative estimate of drug-likeness (QED) is 0.191. The second kappa shape index (κ2) is 17.1. The molecule has 0 fully saturated rings. The summed E-state index contributed by atoms with van der Waals surface area (Å²) in [6, 6.07) is 38.2. The fourth-order valence-corrected chi connectivity index (χ4v) is 14.9. The Hall–Kier alpha value is -7.43.